The van der Waals surface area contributed by atoms with Crippen molar-refractivity contribution in [3.63, 3.8) is 0 Å². The van der Waals surface area contributed by atoms with Gasteiger partial charge in [0.2, 0.25) is 11.7 Å². The Morgan fingerprint density at radius 3 is 2.84 bits per heavy atom. The molecule has 0 aliphatic rings. The van der Waals surface area contributed by atoms with E-state index in [1.807, 2.05) is 0 Å². The number of aromatic nitrogens is 2. The second-order valence-corrected chi connectivity index (χ2v) is 3.49. The van der Waals surface area contributed by atoms with Gasteiger partial charge in [-0.1, -0.05) is 0 Å². The van der Waals surface area contributed by atoms with E-state index < -0.39 is 11.8 Å². The van der Waals surface area contributed by atoms with Crippen LogP contribution < -0.4 is 10.5 Å². The Kier molecular flexibility index (Phi) is 3.56. The monoisotopic (exact) mass is 263 g/mol. The summed E-state index contributed by atoms with van der Waals surface area (Å²) in [5, 5.41) is 0. The molecule has 0 aliphatic heterocycles. The first-order chi connectivity index (χ1) is 9.10. The molecule has 2 rings (SSSR count). The number of benzene rings is 1. The molecule has 0 radical (unpaired) electrons. The number of nitrogens with two attached hydrogens (primary N) is 1. The number of methoxy groups -OCH3 is 1. The third-order valence-electron chi connectivity index (χ3n) is 2.18. The number of carbonyl (C=O) groups excluding carboxylic acids is 1. The van der Waals surface area contributed by atoms with Gasteiger partial charge in [-0.15, -0.1) is 0 Å². The number of anilines is 1. The lowest BCUT2D eigenvalue weighted by Gasteiger charge is -2.07. The molecule has 1 heterocycles. The fourth-order valence-corrected chi connectivity index (χ4v) is 1.31. The molecule has 0 fully saturated rings. The summed E-state index contributed by atoms with van der Waals surface area (Å²) in [5.41, 5.74) is 5.72. The number of esters is 1. The largest absolute Gasteiger partial charge is 0.463 e. The Hall–Kier alpha value is -2.70. The average Bonchev–Trinajstić information content (AvgIpc) is 2.41. The molecule has 0 saturated carbocycles. The van der Waals surface area contributed by atoms with Gasteiger partial charge in [0, 0.05) is 18.3 Å². The van der Waals surface area contributed by atoms with Crippen molar-refractivity contribution in [2.75, 3.05) is 12.8 Å². The van der Waals surface area contributed by atoms with Crippen molar-refractivity contribution >= 4 is 11.7 Å². The number of nitrogen functional groups attached to an aromatic ring is 1. The standard InChI is InChI=1S/C12H10FN3O3/c1-18-12(17)11-15-5-4-10(16-11)19-9-3-2-7(13)6-8(9)14/h2-6H,14H2,1H3. The van der Waals surface area contributed by atoms with Gasteiger partial charge < -0.3 is 15.2 Å². The summed E-state index contributed by atoms with van der Waals surface area (Å²) in [5.74, 6) is -0.953. The number of rotatable bonds is 3. The lowest BCUT2D eigenvalue weighted by atomic mass is 10.3. The van der Waals surface area contributed by atoms with E-state index in [2.05, 4.69) is 14.7 Å². The fraction of sp³-hybridized carbons (Fsp3) is 0.0833. The smallest absolute Gasteiger partial charge is 0.376 e. The highest BCUT2D eigenvalue weighted by molar-refractivity contribution is 5.85. The van der Waals surface area contributed by atoms with Crippen LogP contribution in [0, 0.1) is 5.82 Å². The Morgan fingerprint density at radius 1 is 1.37 bits per heavy atom. The van der Waals surface area contributed by atoms with Gasteiger partial charge >= 0.3 is 5.97 Å². The summed E-state index contributed by atoms with van der Waals surface area (Å²) in [7, 11) is 1.22. The Balaban J connectivity index is 2.26. The second-order valence-electron chi connectivity index (χ2n) is 3.49. The number of hydrogen-bond donors (Lipinski definition) is 1. The first-order valence-corrected chi connectivity index (χ1v) is 5.24. The van der Waals surface area contributed by atoms with Crippen LogP contribution in [0.3, 0.4) is 0 Å². The van der Waals surface area contributed by atoms with E-state index in [0.29, 0.717) is 0 Å². The van der Waals surface area contributed by atoms with Gasteiger partial charge in [-0.3, -0.25) is 0 Å². The second kappa shape index (κ2) is 5.30. The predicted molar refractivity (Wildman–Crippen MR) is 64.3 cm³/mol. The van der Waals surface area contributed by atoms with Gasteiger partial charge in [0.25, 0.3) is 0 Å². The molecule has 0 saturated heterocycles. The molecule has 19 heavy (non-hydrogen) atoms. The van der Waals surface area contributed by atoms with Crippen LogP contribution >= 0.6 is 0 Å². The van der Waals surface area contributed by atoms with Crippen molar-refractivity contribution in [2.24, 2.45) is 0 Å². The molecule has 98 valence electrons. The van der Waals surface area contributed by atoms with E-state index in [9.17, 15) is 9.18 Å². The van der Waals surface area contributed by atoms with Gasteiger partial charge in [0.1, 0.15) is 5.82 Å². The summed E-state index contributed by atoms with van der Waals surface area (Å²) >= 11 is 0. The number of ether oxygens (including phenoxy) is 2. The summed E-state index contributed by atoms with van der Waals surface area (Å²) in [6.45, 7) is 0. The maximum atomic E-state index is 12.9. The molecule has 1 aromatic carbocycles. The minimum atomic E-state index is -0.683. The van der Waals surface area contributed by atoms with Crippen LogP contribution in [0.5, 0.6) is 11.6 Å². The van der Waals surface area contributed by atoms with Crippen molar-refractivity contribution in [2.45, 2.75) is 0 Å². The number of carbonyl (C=O) groups is 1. The quantitative estimate of drug-likeness (QED) is 0.670. The van der Waals surface area contributed by atoms with Gasteiger partial charge in [0.15, 0.2) is 5.75 Å². The molecular formula is C12H10FN3O3. The van der Waals surface area contributed by atoms with Crippen molar-refractivity contribution in [3.8, 4) is 11.6 Å². The lowest BCUT2D eigenvalue weighted by Crippen LogP contribution is -2.07. The topological polar surface area (TPSA) is 87.3 Å². The molecule has 0 spiro atoms. The normalized spacial score (nSPS) is 10.0. The lowest BCUT2D eigenvalue weighted by molar-refractivity contribution is 0.0585. The third kappa shape index (κ3) is 2.95. The van der Waals surface area contributed by atoms with Crippen molar-refractivity contribution in [1.29, 1.82) is 0 Å². The van der Waals surface area contributed by atoms with E-state index in [-0.39, 0.29) is 23.1 Å². The summed E-state index contributed by atoms with van der Waals surface area (Å²) in [4.78, 5) is 18.8. The SMILES string of the molecule is COC(=O)c1nccc(Oc2ccc(F)cc2N)n1. The van der Waals surface area contributed by atoms with Crippen LogP contribution in [0.4, 0.5) is 10.1 Å². The number of halogens is 1. The summed E-state index contributed by atoms with van der Waals surface area (Å²) in [6.07, 6.45) is 1.34. The molecule has 0 atom stereocenters. The van der Waals surface area contributed by atoms with Crippen molar-refractivity contribution in [3.05, 3.63) is 42.1 Å². The number of nitrogens with zero attached hydrogens (tertiary/aromatic N) is 2. The summed E-state index contributed by atoms with van der Waals surface area (Å²) in [6, 6.07) is 5.13. The third-order valence-corrected chi connectivity index (χ3v) is 2.18. The number of hydrogen-bond acceptors (Lipinski definition) is 6. The molecule has 2 N–H and O–H groups in total. The zero-order valence-electron chi connectivity index (χ0n) is 9.96. The molecule has 0 aliphatic carbocycles. The summed E-state index contributed by atoms with van der Waals surface area (Å²) < 4.78 is 22.7. The zero-order valence-corrected chi connectivity index (χ0v) is 9.96. The van der Waals surface area contributed by atoms with Gasteiger partial charge in [-0.2, -0.15) is 4.98 Å². The highest BCUT2D eigenvalue weighted by atomic mass is 19.1. The molecule has 6 nitrogen and oxygen atoms in total. The van der Waals surface area contributed by atoms with E-state index in [0.717, 1.165) is 6.07 Å². The predicted octanol–water partition coefficient (Wildman–Crippen LogP) is 1.78. The van der Waals surface area contributed by atoms with Crippen molar-refractivity contribution < 1.29 is 18.7 Å². The van der Waals surface area contributed by atoms with Gasteiger partial charge in [-0.25, -0.2) is 14.2 Å². The maximum Gasteiger partial charge on any atom is 0.376 e. The van der Waals surface area contributed by atoms with Gasteiger partial charge in [-0.05, 0) is 12.1 Å². The van der Waals surface area contributed by atoms with E-state index >= 15 is 0 Å². The fourth-order valence-electron chi connectivity index (χ4n) is 1.31. The molecule has 1 aromatic heterocycles. The Morgan fingerprint density at radius 2 is 2.16 bits per heavy atom. The minimum absolute atomic E-state index is 0.105. The van der Waals surface area contributed by atoms with Crippen molar-refractivity contribution in [1.82, 2.24) is 9.97 Å². The molecule has 0 unspecified atom stereocenters. The highest BCUT2D eigenvalue weighted by Crippen LogP contribution is 2.26. The van der Waals surface area contributed by atoms with Crippen LogP contribution in [-0.2, 0) is 4.74 Å². The molecule has 7 heteroatoms. The van der Waals surface area contributed by atoms with Crippen LogP contribution in [0.1, 0.15) is 10.6 Å². The van der Waals surface area contributed by atoms with Crippen LogP contribution in [0.25, 0.3) is 0 Å². The first-order valence-electron chi connectivity index (χ1n) is 5.24. The van der Waals surface area contributed by atoms with E-state index in [1.54, 1.807) is 0 Å². The first kappa shape index (κ1) is 12.7. The van der Waals surface area contributed by atoms with Crippen LogP contribution in [-0.4, -0.2) is 23.0 Å². The highest BCUT2D eigenvalue weighted by Gasteiger charge is 2.11. The average molecular weight is 263 g/mol. The molecule has 0 bridgehead atoms. The molecule has 0 amide bonds. The van der Waals surface area contributed by atoms with E-state index in [1.165, 1.54) is 31.5 Å². The molecular weight excluding hydrogens is 253 g/mol. The van der Waals surface area contributed by atoms with Crippen LogP contribution in [0.15, 0.2) is 30.5 Å². The zero-order chi connectivity index (χ0) is 13.8. The minimum Gasteiger partial charge on any atom is -0.463 e. The Bertz CT molecular complexity index is 619. The Labute approximate surface area is 108 Å². The van der Waals surface area contributed by atoms with E-state index in [4.69, 9.17) is 10.5 Å². The van der Waals surface area contributed by atoms with Gasteiger partial charge in [0.05, 0.1) is 12.8 Å². The molecule has 2 aromatic rings. The maximum absolute atomic E-state index is 12.9. The van der Waals surface area contributed by atoms with Crippen LogP contribution in [0.2, 0.25) is 0 Å².